The molecule has 2 aliphatic rings. The molecule has 0 saturated heterocycles. The van der Waals surface area contributed by atoms with Crippen LogP contribution in [0.5, 0.6) is 0 Å². The van der Waals surface area contributed by atoms with Crippen molar-refractivity contribution in [2.75, 3.05) is 4.90 Å². The number of aliphatic hydroxyl groups is 1. The molecule has 6 heteroatoms. The largest absolute Gasteiger partial charge is 0.507 e. The highest BCUT2D eigenvalue weighted by Gasteiger charge is 2.46. The number of rotatable bonds is 3. The second kappa shape index (κ2) is 8.93. The van der Waals surface area contributed by atoms with Crippen LogP contribution >= 0.6 is 15.9 Å². The zero-order valence-corrected chi connectivity index (χ0v) is 21.2. The predicted molar refractivity (Wildman–Crippen MR) is 142 cm³/mol. The number of amidine groups is 1. The van der Waals surface area contributed by atoms with Gasteiger partial charge in [-0.05, 0) is 41.7 Å². The maximum absolute atomic E-state index is 13.8. The van der Waals surface area contributed by atoms with Crippen molar-refractivity contribution < 1.29 is 9.90 Å². The Hall–Kier alpha value is -3.51. The lowest BCUT2D eigenvalue weighted by atomic mass is 9.67. The monoisotopic (exact) mass is 527 g/mol. The third-order valence-corrected chi connectivity index (χ3v) is 7.10. The van der Waals surface area contributed by atoms with Gasteiger partial charge in [-0.25, -0.2) is 0 Å². The molecule has 0 radical (unpaired) electrons. The fraction of sp³-hybridized carbons (Fsp3) is 0.207. The number of anilines is 1. The molecule has 35 heavy (non-hydrogen) atoms. The number of nitrogens with one attached hydrogen (secondary N) is 1. The van der Waals surface area contributed by atoms with E-state index in [0.717, 1.165) is 21.4 Å². The second-order valence-electron chi connectivity index (χ2n) is 9.81. The summed E-state index contributed by atoms with van der Waals surface area (Å²) in [5, 5.41) is 21.0. The summed E-state index contributed by atoms with van der Waals surface area (Å²) in [4.78, 5) is 19.9. The van der Waals surface area contributed by atoms with Gasteiger partial charge < -0.3 is 5.11 Å². The number of allylic oxidation sites excluding steroid dienone is 2. The molecule has 1 aliphatic carbocycles. The van der Waals surface area contributed by atoms with Crippen molar-refractivity contribution in [1.82, 2.24) is 4.98 Å². The summed E-state index contributed by atoms with van der Waals surface area (Å²) >= 11 is 3.55. The first-order valence-corrected chi connectivity index (χ1v) is 12.4. The Morgan fingerprint density at radius 1 is 1.09 bits per heavy atom. The molecule has 0 saturated carbocycles. The molecule has 5 rings (SSSR count). The number of pyridine rings is 1. The van der Waals surface area contributed by atoms with Crippen LogP contribution in [0, 0.1) is 10.8 Å². The summed E-state index contributed by atoms with van der Waals surface area (Å²) in [5.74, 6) is -0.398. The summed E-state index contributed by atoms with van der Waals surface area (Å²) in [7, 11) is 0. The Morgan fingerprint density at radius 2 is 1.86 bits per heavy atom. The summed E-state index contributed by atoms with van der Waals surface area (Å²) in [6.07, 6.45) is 4.45. The van der Waals surface area contributed by atoms with Gasteiger partial charge >= 0.3 is 0 Å². The van der Waals surface area contributed by atoms with Gasteiger partial charge in [0.2, 0.25) is 0 Å². The van der Waals surface area contributed by atoms with E-state index in [9.17, 15) is 15.3 Å². The van der Waals surface area contributed by atoms with Gasteiger partial charge in [-0.3, -0.25) is 20.1 Å². The van der Waals surface area contributed by atoms with E-state index >= 15 is 0 Å². The van der Waals surface area contributed by atoms with Crippen LogP contribution in [0.15, 0.2) is 100 Å². The zero-order valence-electron chi connectivity index (χ0n) is 19.6. The normalized spacial score (nSPS) is 21.1. The van der Waals surface area contributed by atoms with Crippen molar-refractivity contribution in [2.45, 2.75) is 32.6 Å². The second-order valence-corrected chi connectivity index (χ2v) is 10.7. The van der Waals surface area contributed by atoms with Crippen LogP contribution in [0.3, 0.4) is 0 Å². The number of Topliss-reactive ketones (excluding diaryl/α,β-unsaturated/α-hetero) is 1. The minimum atomic E-state index is -0.585. The van der Waals surface area contributed by atoms with Crippen molar-refractivity contribution in [1.29, 1.82) is 5.41 Å². The third kappa shape index (κ3) is 4.23. The fourth-order valence-electron chi connectivity index (χ4n) is 5.15. The zero-order chi connectivity index (χ0) is 24.7. The lowest BCUT2D eigenvalue weighted by Crippen LogP contribution is -2.45. The van der Waals surface area contributed by atoms with E-state index in [0.29, 0.717) is 29.6 Å². The van der Waals surface area contributed by atoms with E-state index < -0.39 is 5.92 Å². The predicted octanol–water partition coefficient (Wildman–Crippen LogP) is 7.04. The number of hydrogen-bond donors (Lipinski definition) is 2. The number of hydrogen-bond acceptors (Lipinski definition) is 4. The molecule has 0 amide bonds. The maximum atomic E-state index is 13.8. The SMILES string of the molecule is CC1(C)CC(=O)C2=C(C1)N(c1cccc(Br)c1)C(=N)/C(=C(/O)c1ccccc1)C2c1cccnc1. The van der Waals surface area contributed by atoms with E-state index in [1.165, 1.54) is 0 Å². The number of carbonyl (C=O) groups is 1. The Kier molecular flexibility index (Phi) is 5.93. The molecule has 0 fully saturated rings. The van der Waals surface area contributed by atoms with Crippen LogP contribution in [0.1, 0.15) is 43.7 Å². The Morgan fingerprint density at radius 3 is 2.54 bits per heavy atom. The maximum Gasteiger partial charge on any atom is 0.162 e. The lowest BCUT2D eigenvalue weighted by molar-refractivity contribution is -0.118. The topological polar surface area (TPSA) is 77.3 Å². The van der Waals surface area contributed by atoms with E-state index in [4.69, 9.17) is 0 Å². The Bertz CT molecular complexity index is 1380. The van der Waals surface area contributed by atoms with Crippen LogP contribution in [0.25, 0.3) is 5.76 Å². The Labute approximate surface area is 213 Å². The molecule has 2 aromatic carbocycles. The third-order valence-electron chi connectivity index (χ3n) is 6.61. The van der Waals surface area contributed by atoms with Crippen molar-refractivity contribution in [2.24, 2.45) is 5.41 Å². The molecule has 5 nitrogen and oxygen atoms in total. The highest BCUT2D eigenvalue weighted by Crippen LogP contribution is 2.51. The van der Waals surface area contributed by atoms with E-state index in [-0.39, 0.29) is 22.8 Å². The summed E-state index contributed by atoms with van der Waals surface area (Å²) < 4.78 is 0.874. The van der Waals surface area contributed by atoms with Crippen molar-refractivity contribution in [3.8, 4) is 0 Å². The molecule has 0 bridgehead atoms. The number of aromatic nitrogens is 1. The number of halogens is 1. The molecule has 1 atom stereocenters. The fourth-order valence-corrected chi connectivity index (χ4v) is 5.53. The van der Waals surface area contributed by atoms with Gasteiger partial charge in [-0.1, -0.05) is 72.2 Å². The van der Waals surface area contributed by atoms with Crippen LogP contribution in [0.2, 0.25) is 0 Å². The van der Waals surface area contributed by atoms with Gasteiger partial charge in [0.15, 0.2) is 5.78 Å². The van der Waals surface area contributed by atoms with Gasteiger partial charge in [0, 0.05) is 57.3 Å². The molecule has 176 valence electrons. The molecule has 1 aliphatic heterocycles. The number of ketones is 1. The van der Waals surface area contributed by atoms with E-state index in [1.807, 2.05) is 71.6 Å². The van der Waals surface area contributed by atoms with Gasteiger partial charge in [0.05, 0.1) is 0 Å². The van der Waals surface area contributed by atoms with E-state index in [2.05, 4.69) is 34.8 Å². The van der Waals surface area contributed by atoms with Gasteiger partial charge in [-0.2, -0.15) is 0 Å². The molecule has 3 aromatic rings. The molecule has 0 spiro atoms. The number of carbonyl (C=O) groups excluding carboxylic acids is 1. The quantitative estimate of drug-likeness (QED) is 0.358. The molecule has 1 unspecified atom stereocenters. The number of aliphatic hydroxyl groups excluding tert-OH is 1. The molecule has 2 N–H and O–H groups in total. The molecular formula is C29H26BrN3O2. The van der Waals surface area contributed by atoms with Crippen LogP contribution < -0.4 is 4.90 Å². The smallest absolute Gasteiger partial charge is 0.162 e. The summed E-state index contributed by atoms with van der Waals surface area (Å²) in [6.45, 7) is 4.17. The van der Waals surface area contributed by atoms with Crippen LogP contribution in [-0.2, 0) is 4.79 Å². The Balaban J connectivity index is 1.86. The highest BCUT2D eigenvalue weighted by molar-refractivity contribution is 9.10. The number of benzene rings is 2. The van der Waals surface area contributed by atoms with Gasteiger partial charge in [0.25, 0.3) is 0 Å². The summed E-state index contributed by atoms with van der Waals surface area (Å²) in [6, 6.07) is 20.7. The minimum Gasteiger partial charge on any atom is -0.507 e. The summed E-state index contributed by atoms with van der Waals surface area (Å²) in [5.41, 5.74) is 3.75. The van der Waals surface area contributed by atoms with E-state index in [1.54, 1.807) is 12.4 Å². The van der Waals surface area contributed by atoms with Crippen LogP contribution in [0.4, 0.5) is 5.69 Å². The molecule has 1 aromatic heterocycles. The first-order chi connectivity index (χ1) is 16.8. The average Bonchev–Trinajstić information content (AvgIpc) is 2.83. The lowest BCUT2D eigenvalue weighted by Gasteiger charge is -2.45. The first-order valence-electron chi connectivity index (χ1n) is 11.6. The van der Waals surface area contributed by atoms with Crippen molar-refractivity contribution in [3.05, 3.63) is 112 Å². The first kappa shape index (κ1) is 23.2. The van der Waals surface area contributed by atoms with Gasteiger partial charge in [-0.15, -0.1) is 0 Å². The van der Waals surface area contributed by atoms with Gasteiger partial charge in [0.1, 0.15) is 11.6 Å². The molecule has 2 heterocycles. The standard InChI is InChI=1S/C29H26BrN3O2/c1-29(2)15-22-25(23(34)16-29)24(19-10-7-13-32-17-19)26(27(35)18-8-4-3-5-9-18)28(31)33(22)21-12-6-11-20(30)14-21/h3-14,17,24,31,35H,15-16H2,1-2H3/b27-26+,31-28?. The van der Waals surface area contributed by atoms with Crippen molar-refractivity contribution >= 4 is 39.0 Å². The average molecular weight is 528 g/mol. The minimum absolute atomic E-state index is 0.00589. The molecular weight excluding hydrogens is 502 g/mol. The van der Waals surface area contributed by atoms with Crippen molar-refractivity contribution in [3.63, 3.8) is 0 Å². The number of nitrogens with zero attached hydrogens (tertiary/aromatic N) is 2. The highest BCUT2D eigenvalue weighted by atomic mass is 79.9. The van der Waals surface area contributed by atoms with Crippen LogP contribution in [-0.4, -0.2) is 21.7 Å².